The lowest BCUT2D eigenvalue weighted by Crippen LogP contribution is -2.22. The van der Waals surface area contributed by atoms with E-state index in [0.717, 1.165) is 27.6 Å². The number of hydrogen-bond acceptors (Lipinski definition) is 4. The van der Waals surface area contributed by atoms with Gasteiger partial charge in [-0.3, -0.25) is 4.79 Å². The average molecular weight is 515 g/mol. The van der Waals surface area contributed by atoms with E-state index in [1.807, 2.05) is 38.1 Å². The zero-order chi connectivity index (χ0) is 27.4. The van der Waals surface area contributed by atoms with Gasteiger partial charge in [-0.1, -0.05) is 6.07 Å². The standard InChI is InChI=1S/C30H31FN4O3/c1-7-32-29(36)24-13-23-21(14-25-18(4)15-33-35(25)28(23)34-24)22-12-19(30(5,6)37)8-9-26(22)38-27-16(2)10-20(31)11-17(27)3/h8-15,34,37H,7H2,1-6H3,(H,32,36). The first kappa shape index (κ1) is 25.5. The average Bonchev–Trinajstić information content (AvgIpc) is 3.44. The van der Waals surface area contributed by atoms with Crippen molar-refractivity contribution in [3.63, 3.8) is 0 Å². The lowest BCUT2D eigenvalue weighted by atomic mass is 9.92. The van der Waals surface area contributed by atoms with Crippen molar-refractivity contribution in [2.24, 2.45) is 0 Å². The van der Waals surface area contributed by atoms with Gasteiger partial charge in [0, 0.05) is 17.5 Å². The normalized spacial score (nSPS) is 11.9. The minimum atomic E-state index is -1.10. The topological polar surface area (TPSA) is 91.7 Å². The first-order valence-electron chi connectivity index (χ1n) is 12.6. The minimum absolute atomic E-state index is 0.217. The highest BCUT2D eigenvalue weighted by atomic mass is 19.1. The van der Waals surface area contributed by atoms with Gasteiger partial charge >= 0.3 is 0 Å². The number of carbonyl (C=O) groups excluding carboxylic acids is 1. The van der Waals surface area contributed by atoms with Crippen LogP contribution in [0.2, 0.25) is 0 Å². The Balaban J connectivity index is 1.81. The van der Waals surface area contributed by atoms with Gasteiger partial charge in [-0.2, -0.15) is 5.10 Å². The van der Waals surface area contributed by atoms with Crippen molar-refractivity contribution in [2.75, 3.05) is 6.54 Å². The predicted molar refractivity (Wildman–Crippen MR) is 146 cm³/mol. The molecule has 38 heavy (non-hydrogen) atoms. The Bertz CT molecular complexity index is 1690. The molecule has 3 aromatic heterocycles. The first-order chi connectivity index (χ1) is 18.0. The van der Waals surface area contributed by atoms with Crippen molar-refractivity contribution < 1.29 is 19.0 Å². The molecule has 196 valence electrons. The Labute approximate surface area is 220 Å². The van der Waals surface area contributed by atoms with Crippen LogP contribution in [0.4, 0.5) is 4.39 Å². The number of fused-ring (bicyclic) bond motifs is 3. The van der Waals surface area contributed by atoms with Crippen molar-refractivity contribution in [2.45, 2.75) is 47.1 Å². The quantitative estimate of drug-likeness (QED) is 0.247. The van der Waals surface area contributed by atoms with Crippen molar-refractivity contribution in [3.05, 3.63) is 82.4 Å². The van der Waals surface area contributed by atoms with Gasteiger partial charge in [-0.25, -0.2) is 8.91 Å². The van der Waals surface area contributed by atoms with Crippen molar-refractivity contribution in [3.8, 4) is 22.6 Å². The summed E-state index contributed by atoms with van der Waals surface area (Å²) >= 11 is 0. The number of ether oxygens (including phenoxy) is 1. The van der Waals surface area contributed by atoms with E-state index in [1.54, 1.807) is 44.5 Å². The second-order valence-electron chi connectivity index (χ2n) is 10.2. The molecule has 0 bridgehead atoms. The van der Waals surface area contributed by atoms with Crippen LogP contribution in [0, 0.1) is 26.6 Å². The number of rotatable bonds is 6. The fraction of sp³-hybridized carbons (Fsp3) is 0.267. The molecule has 0 radical (unpaired) electrons. The molecule has 0 fully saturated rings. The van der Waals surface area contributed by atoms with Crippen molar-refractivity contribution in [1.29, 1.82) is 0 Å². The summed E-state index contributed by atoms with van der Waals surface area (Å²) < 4.78 is 22.2. The van der Waals surface area contributed by atoms with Crippen LogP contribution < -0.4 is 10.1 Å². The van der Waals surface area contributed by atoms with Crippen LogP contribution in [0.15, 0.2) is 48.7 Å². The molecule has 5 rings (SSSR count). The molecule has 0 unspecified atom stereocenters. The Morgan fingerprint density at radius 2 is 1.79 bits per heavy atom. The highest BCUT2D eigenvalue weighted by Crippen LogP contribution is 2.42. The molecule has 0 spiro atoms. The van der Waals surface area contributed by atoms with E-state index in [4.69, 9.17) is 4.74 Å². The van der Waals surface area contributed by atoms with Crippen LogP contribution in [0.3, 0.4) is 0 Å². The van der Waals surface area contributed by atoms with E-state index >= 15 is 0 Å². The molecule has 1 amide bonds. The molecule has 5 aromatic rings. The summed E-state index contributed by atoms with van der Waals surface area (Å²) in [6.07, 6.45) is 1.78. The van der Waals surface area contributed by atoms with Crippen molar-refractivity contribution in [1.82, 2.24) is 19.9 Å². The second-order valence-corrected chi connectivity index (χ2v) is 10.2. The predicted octanol–water partition coefficient (Wildman–Crippen LogP) is 6.32. The van der Waals surface area contributed by atoms with Crippen LogP contribution in [0.5, 0.6) is 11.5 Å². The number of amides is 1. The van der Waals surface area contributed by atoms with Crippen LogP contribution in [0.25, 0.3) is 27.7 Å². The smallest absolute Gasteiger partial charge is 0.267 e. The molecule has 0 saturated heterocycles. The molecule has 7 nitrogen and oxygen atoms in total. The molecule has 0 aliphatic rings. The van der Waals surface area contributed by atoms with Crippen LogP contribution in [-0.2, 0) is 5.60 Å². The third-order valence-electron chi connectivity index (χ3n) is 6.77. The maximum atomic E-state index is 14.0. The molecule has 0 aliphatic heterocycles. The SMILES string of the molecule is CCNC(=O)c1cc2c(-c3cc(C(C)(C)O)ccc3Oc3c(C)cc(F)cc3C)cc3c(C)cnn3c2[nH]1. The van der Waals surface area contributed by atoms with Gasteiger partial charge < -0.3 is 20.1 Å². The maximum absolute atomic E-state index is 14.0. The number of aryl methyl sites for hydroxylation is 3. The van der Waals surface area contributed by atoms with E-state index in [0.29, 0.717) is 46.1 Å². The number of carbonyl (C=O) groups is 1. The third-order valence-corrected chi connectivity index (χ3v) is 6.77. The molecule has 8 heteroatoms. The van der Waals surface area contributed by atoms with Crippen LogP contribution in [-0.4, -0.2) is 32.2 Å². The number of nitrogens with one attached hydrogen (secondary N) is 2. The van der Waals surface area contributed by atoms with E-state index in [9.17, 15) is 14.3 Å². The summed E-state index contributed by atoms with van der Waals surface area (Å²) in [5, 5.41) is 19.0. The number of halogens is 1. The van der Waals surface area contributed by atoms with Gasteiger partial charge in [0.15, 0.2) is 0 Å². The Kier molecular flexibility index (Phi) is 6.23. The number of aromatic amines is 1. The molecule has 0 saturated carbocycles. The molecule has 0 atom stereocenters. The van der Waals surface area contributed by atoms with Gasteiger partial charge in [-0.05, 0) is 106 Å². The summed E-state index contributed by atoms with van der Waals surface area (Å²) in [7, 11) is 0. The number of nitrogens with zero attached hydrogens (tertiary/aromatic N) is 2. The monoisotopic (exact) mass is 514 g/mol. The van der Waals surface area contributed by atoms with E-state index in [2.05, 4.69) is 15.4 Å². The summed E-state index contributed by atoms with van der Waals surface area (Å²) in [5.74, 6) is 0.572. The molecule has 3 heterocycles. The van der Waals surface area contributed by atoms with Gasteiger partial charge in [0.25, 0.3) is 5.91 Å². The van der Waals surface area contributed by atoms with Gasteiger partial charge in [0.2, 0.25) is 0 Å². The number of hydrogen-bond donors (Lipinski definition) is 3. The largest absolute Gasteiger partial charge is 0.456 e. The second kappa shape index (κ2) is 9.29. The highest BCUT2D eigenvalue weighted by molar-refractivity contribution is 6.04. The summed E-state index contributed by atoms with van der Waals surface area (Å²) in [6.45, 7) is 11.4. The van der Waals surface area contributed by atoms with E-state index in [-0.39, 0.29) is 11.7 Å². The molecular weight excluding hydrogens is 483 g/mol. The Morgan fingerprint density at radius 1 is 1.08 bits per heavy atom. The number of pyridine rings is 1. The number of benzene rings is 2. The zero-order valence-electron chi connectivity index (χ0n) is 22.4. The fourth-order valence-corrected chi connectivity index (χ4v) is 4.80. The Hall–Kier alpha value is -4.17. The van der Waals surface area contributed by atoms with Crippen molar-refractivity contribution >= 4 is 22.5 Å². The number of H-pyrrole nitrogens is 1. The molecule has 2 aromatic carbocycles. The van der Waals surface area contributed by atoms with Gasteiger partial charge in [-0.15, -0.1) is 0 Å². The zero-order valence-corrected chi connectivity index (χ0v) is 22.4. The summed E-state index contributed by atoms with van der Waals surface area (Å²) in [5.41, 5.74) is 5.39. The summed E-state index contributed by atoms with van der Waals surface area (Å²) in [6, 6.07) is 12.3. The molecule has 3 N–H and O–H groups in total. The highest BCUT2D eigenvalue weighted by Gasteiger charge is 2.23. The maximum Gasteiger partial charge on any atom is 0.267 e. The fourth-order valence-electron chi connectivity index (χ4n) is 4.80. The number of aromatic nitrogens is 3. The Morgan fingerprint density at radius 3 is 2.45 bits per heavy atom. The summed E-state index contributed by atoms with van der Waals surface area (Å²) in [4.78, 5) is 16.0. The minimum Gasteiger partial charge on any atom is -0.456 e. The lowest BCUT2D eigenvalue weighted by Gasteiger charge is -2.22. The van der Waals surface area contributed by atoms with E-state index < -0.39 is 5.60 Å². The van der Waals surface area contributed by atoms with Gasteiger partial charge in [0.1, 0.15) is 28.7 Å². The van der Waals surface area contributed by atoms with E-state index in [1.165, 1.54) is 12.1 Å². The molecule has 0 aliphatic carbocycles. The first-order valence-corrected chi connectivity index (χ1v) is 12.6. The van der Waals surface area contributed by atoms with Crippen LogP contribution in [0.1, 0.15) is 53.5 Å². The van der Waals surface area contributed by atoms with Crippen LogP contribution >= 0.6 is 0 Å². The third kappa shape index (κ3) is 4.41. The molecular formula is C30H31FN4O3. The number of aliphatic hydroxyl groups is 1. The van der Waals surface area contributed by atoms with Gasteiger partial charge in [0.05, 0.1) is 17.3 Å². The lowest BCUT2D eigenvalue weighted by molar-refractivity contribution is 0.0786.